The molecule has 0 saturated carbocycles. The Labute approximate surface area is 151 Å². The summed E-state index contributed by atoms with van der Waals surface area (Å²) in [4.78, 5) is 16.8. The summed E-state index contributed by atoms with van der Waals surface area (Å²) in [5, 5.41) is 16.8. The van der Waals surface area contributed by atoms with Crippen LogP contribution in [0.5, 0.6) is 0 Å². The summed E-state index contributed by atoms with van der Waals surface area (Å²) in [6.07, 6.45) is 0. The summed E-state index contributed by atoms with van der Waals surface area (Å²) in [6, 6.07) is 9.88. The molecule has 0 radical (unpaired) electrons. The van der Waals surface area contributed by atoms with Gasteiger partial charge in [0.1, 0.15) is 0 Å². The van der Waals surface area contributed by atoms with E-state index in [0.717, 1.165) is 20.7 Å². The number of hydrogen-bond acceptors (Lipinski definition) is 8. The third-order valence-corrected chi connectivity index (χ3v) is 5.95. The van der Waals surface area contributed by atoms with Crippen molar-refractivity contribution in [2.75, 3.05) is 17.7 Å². The molecule has 2 heterocycles. The number of thiazole rings is 1. The zero-order valence-electron chi connectivity index (χ0n) is 13.0. The number of rotatable bonds is 6. The van der Waals surface area contributed by atoms with Crippen LogP contribution in [0.1, 0.15) is 6.92 Å². The Morgan fingerprint density at radius 3 is 2.71 bits per heavy atom. The minimum absolute atomic E-state index is 0.102. The average Bonchev–Trinajstić information content (AvgIpc) is 3.25. The van der Waals surface area contributed by atoms with Gasteiger partial charge in [-0.25, -0.2) is 4.98 Å². The van der Waals surface area contributed by atoms with Crippen LogP contribution in [0.15, 0.2) is 40.1 Å². The molecule has 1 aromatic carbocycles. The minimum Gasteiger partial charge on any atom is -0.363 e. The molecule has 0 fully saturated rings. The van der Waals surface area contributed by atoms with Gasteiger partial charge in [0.15, 0.2) is 9.47 Å². The van der Waals surface area contributed by atoms with Crippen LogP contribution in [-0.2, 0) is 4.79 Å². The van der Waals surface area contributed by atoms with E-state index < -0.39 is 0 Å². The highest BCUT2D eigenvalue weighted by atomic mass is 32.2. The standard InChI is InChI=1S/C15H15N5OS3/c1-9(23-15-20-19-13(16-2)24-15)12(21)18-14-17-11(8-22-14)10-6-4-3-5-7-10/h3-9H,1-2H3,(H,16,19)(H,17,18,21)/t9-/m1/s1. The lowest BCUT2D eigenvalue weighted by Gasteiger charge is -2.07. The third kappa shape index (κ3) is 4.11. The molecule has 0 aliphatic rings. The number of benzene rings is 1. The van der Waals surface area contributed by atoms with Crippen LogP contribution in [0.4, 0.5) is 10.3 Å². The molecular weight excluding hydrogens is 362 g/mol. The lowest BCUT2D eigenvalue weighted by atomic mass is 10.2. The Morgan fingerprint density at radius 1 is 1.21 bits per heavy atom. The lowest BCUT2D eigenvalue weighted by Crippen LogP contribution is -2.22. The van der Waals surface area contributed by atoms with Crippen molar-refractivity contribution < 1.29 is 4.79 Å². The van der Waals surface area contributed by atoms with Gasteiger partial charge >= 0.3 is 0 Å². The Hall–Kier alpha value is -1.97. The van der Waals surface area contributed by atoms with Crippen molar-refractivity contribution in [3.8, 4) is 11.3 Å². The number of aromatic nitrogens is 3. The van der Waals surface area contributed by atoms with Gasteiger partial charge in [0.25, 0.3) is 0 Å². The van der Waals surface area contributed by atoms with E-state index in [1.807, 2.05) is 42.6 Å². The van der Waals surface area contributed by atoms with E-state index in [9.17, 15) is 4.79 Å². The van der Waals surface area contributed by atoms with E-state index in [2.05, 4.69) is 25.8 Å². The molecule has 124 valence electrons. The van der Waals surface area contributed by atoms with Gasteiger partial charge in [-0.1, -0.05) is 53.4 Å². The summed E-state index contributed by atoms with van der Waals surface area (Å²) in [5.74, 6) is -0.102. The molecule has 24 heavy (non-hydrogen) atoms. The zero-order chi connectivity index (χ0) is 16.9. The van der Waals surface area contributed by atoms with Crippen molar-refractivity contribution in [1.82, 2.24) is 15.2 Å². The molecule has 2 aromatic heterocycles. The minimum atomic E-state index is -0.285. The fraction of sp³-hybridized carbons (Fsp3) is 0.200. The second kappa shape index (κ2) is 7.73. The second-order valence-corrected chi connectivity index (χ2v) is 8.20. The van der Waals surface area contributed by atoms with Crippen molar-refractivity contribution in [3.05, 3.63) is 35.7 Å². The van der Waals surface area contributed by atoms with Crippen LogP contribution in [0.2, 0.25) is 0 Å². The third-order valence-electron chi connectivity index (χ3n) is 3.07. The van der Waals surface area contributed by atoms with E-state index >= 15 is 0 Å². The van der Waals surface area contributed by atoms with E-state index in [0.29, 0.717) is 5.13 Å². The number of carbonyl (C=O) groups is 1. The Kier molecular flexibility index (Phi) is 5.44. The van der Waals surface area contributed by atoms with Crippen LogP contribution in [0.25, 0.3) is 11.3 Å². The quantitative estimate of drug-likeness (QED) is 0.636. The number of nitrogens with one attached hydrogen (secondary N) is 2. The predicted molar refractivity (Wildman–Crippen MR) is 101 cm³/mol. The van der Waals surface area contributed by atoms with Crippen LogP contribution in [0, 0.1) is 0 Å². The number of hydrogen-bond donors (Lipinski definition) is 2. The second-order valence-electron chi connectivity index (χ2n) is 4.78. The molecule has 0 spiro atoms. The molecule has 0 bridgehead atoms. The highest BCUT2D eigenvalue weighted by Crippen LogP contribution is 2.30. The van der Waals surface area contributed by atoms with E-state index in [1.165, 1.54) is 34.4 Å². The highest BCUT2D eigenvalue weighted by Gasteiger charge is 2.18. The van der Waals surface area contributed by atoms with Crippen molar-refractivity contribution in [3.63, 3.8) is 0 Å². The molecule has 9 heteroatoms. The largest absolute Gasteiger partial charge is 0.363 e. The first kappa shape index (κ1) is 16.9. The van der Waals surface area contributed by atoms with Crippen molar-refractivity contribution >= 4 is 50.6 Å². The normalized spacial score (nSPS) is 11.9. The van der Waals surface area contributed by atoms with Gasteiger partial charge in [-0.05, 0) is 6.92 Å². The monoisotopic (exact) mass is 377 g/mol. The van der Waals surface area contributed by atoms with Gasteiger partial charge in [0.05, 0.1) is 10.9 Å². The average molecular weight is 378 g/mol. The molecule has 0 aliphatic heterocycles. The van der Waals surface area contributed by atoms with Crippen LogP contribution in [0.3, 0.4) is 0 Å². The number of nitrogens with zero attached hydrogens (tertiary/aromatic N) is 3. The molecule has 3 rings (SSSR count). The molecule has 0 saturated heterocycles. The lowest BCUT2D eigenvalue weighted by molar-refractivity contribution is -0.115. The highest BCUT2D eigenvalue weighted by molar-refractivity contribution is 8.02. The van der Waals surface area contributed by atoms with Crippen molar-refractivity contribution in [2.45, 2.75) is 16.5 Å². The van der Waals surface area contributed by atoms with Gasteiger partial charge in [-0.3, -0.25) is 4.79 Å². The van der Waals surface area contributed by atoms with Crippen molar-refractivity contribution in [1.29, 1.82) is 0 Å². The SMILES string of the molecule is CNc1nnc(S[C@H](C)C(=O)Nc2nc(-c3ccccc3)cs2)s1. The van der Waals surface area contributed by atoms with Gasteiger partial charge in [-0.15, -0.1) is 21.5 Å². The van der Waals surface area contributed by atoms with Gasteiger partial charge in [0, 0.05) is 18.0 Å². The molecule has 2 N–H and O–H groups in total. The van der Waals surface area contributed by atoms with Gasteiger partial charge in [0.2, 0.25) is 11.0 Å². The van der Waals surface area contributed by atoms with E-state index in [4.69, 9.17) is 0 Å². The number of carbonyl (C=O) groups excluding carboxylic acids is 1. The summed E-state index contributed by atoms with van der Waals surface area (Å²) < 4.78 is 0.756. The first-order valence-electron chi connectivity index (χ1n) is 7.15. The van der Waals surface area contributed by atoms with Crippen LogP contribution < -0.4 is 10.6 Å². The molecule has 0 unspecified atom stereocenters. The summed E-state index contributed by atoms with van der Waals surface area (Å²) >= 11 is 4.22. The zero-order valence-corrected chi connectivity index (χ0v) is 15.5. The van der Waals surface area contributed by atoms with Gasteiger partial charge < -0.3 is 10.6 Å². The summed E-state index contributed by atoms with van der Waals surface area (Å²) in [5.41, 5.74) is 1.89. The molecule has 0 aliphatic carbocycles. The fourth-order valence-corrected chi connectivity index (χ4v) is 4.41. The Bertz CT molecular complexity index is 817. The molecule has 3 aromatic rings. The van der Waals surface area contributed by atoms with Gasteiger partial charge in [-0.2, -0.15) is 0 Å². The first-order chi connectivity index (χ1) is 11.7. The van der Waals surface area contributed by atoms with E-state index in [1.54, 1.807) is 7.05 Å². The topological polar surface area (TPSA) is 79.8 Å². The molecule has 6 nitrogen and oxygen atoms in total. The van der Waals surface area contributed by atoms with E-state index in [-0.39, 0.29) is 11.2 Å². The number of thioether (sulfide) groups is 1. The Balaban J connectivity index is 1.61. The predicted octanol–water partition coefficient (Wildman–Crippen LogP) is 3.82. The molecule has 1 amide bonds. The van der Waals surface area contributed by atoms with Crippen LogP contribution in [-0.4, -0.2) is 33.4 Å². The Morgan fingerprint density at radius 2 is 2.00 bits per heavy atom. The summed E-state index contributed by atoms with van der Waals surface area (Å²) in [6.45, 7) is 1.84. The fourth-order valence-electron chi connectivity index (χ4n) is 1.84. The van der Waals surface area contributed by atoms with Crippen LogP contribution >= 0.6 is 34.4 Å². The molecule has 1 atom stereocenters. The van der Waals surface area contributed by atoms with Crippen molar-refractivity contribution in [2.24, 2.45) is 0 Å². The maximum absolute atomic E-state index is 12.3. The molecular formula is C15H15N5OS3. The maximum atomic E-state index is 12.3. The number of amides is 1. The summed E-state index contributed by atoms with van der Waals surface area (Å²) in [7, 11) is 1.79. The number of anilines is 2. The first-order valence-corrected chi connectivity index (χ1v) is 9.73. The smallest absolute Gasteiger partial charge is 0.239 e. The maximum Gasteiger partial charge on any atom is 0.239 e.